The van der Waals surface area contributed by atoms with Crippen molar-refractivity contribution in [3.63, 3.8) is 0 Å². The second-order valence-corrected chi connectivity index (χ2v) is 14.8. The molecule has 0 fully saturated rings. The number of benzene rings is 8. The van der Waals surface area contributed by atoms with Gasteiger partial charge in [0.2, 0.25) is 0 Å². The van der Waals surface area contributed by atoms with Crippen LogP contribution in [0.3, 0.4) is 0 Å². The van der Waals surface area contributed by atoms with E-state index in [2.05, 4.69) is 97.1 Å². The molecule has 2 aliphatic heterocycles. The Hall–Kier alpha value is -7.64. The van der Waals surface area contributed by atoms with Gasteiger partial charge in [-0.05, 0) is 76.2 Å². The molecule has 6 nitrogen and oxygen atoms in total. The first-order valence-electron chi connectivity index (χ1n) is 19.9. The fourth-order valence-electron chi connectivity index (χ4n) is 8.31. The van der Waals surface area contributed by atoms with Gasteiger partial charge in [0.25, 0.3) is 0 Å². The number of hydrogen-bond acceptors (Lipinski definition) is 6. The zero-order valence-electron chi connectivity index (χ0n) is 33.8. The zero-order valence-corrected chi connectivity index (χ0v) is 33.8. The highest BCUT2D eigenvalue weighted by Crippen LogP contribution is 2.50. The van der Waals surface area contributed by atoms with Crippen molar-refractivity contribution in [2.45, 2.75) is 18.1 Å². The first-order valence-corrected chi connectivity index (χ1v) is 19.9. The molecule has 8 aromatic carbocycles. The van der Waals surface area contributed by atoms with E-state index in [-0.39, 0.29) is 5.75 Å². The van der Waals surface area contributed by atoms with Gasteiger partial charge in [-0.1, -0.05) is 140 Å². The first kappa shape index (κ1) is 38.9. The maximum absolute atomic E-state index is 15.3. The zero-order chi connectivity index (χ0) is 42.0. The number of ether oxygens (including phenoxy) is 5. The minimum atomic E-state index is -1.37. The van der Waals surface area contributed by atoms with Gasteiger partial charge in [0, 0.05) is 40.3 Å². The Labute approximate surface area is 353 Å². The number of halogens is 1. The molecule has 0 saturated heterocycles. The number of rotatable bonds is 7. The van der Waals surface area contributed by atoms with Crippen LogP contribution in [0.1, 0.15) is 40.3 Å². The van der Waals surface area contributed by atoms with Gasteiger partial charge in [0.15, 0.2) is 34.2 Å². The van der Waals surface area contributed by atoms with E-state index in [1.54, 1.807) is 49.6 Å². The number of methoxy groups -OCH3 is 2. The van der Waals surface area contributed by atoms with E-state index < -0.39 is 23.0 Å². The Bertz CT molecular complexity index is 2940. The normalized spacial score (nSPS) is 15.6. The van der Waals surface area contributed by atoms with Crippen molar-refractivity contribution in [1.82, 2.24) is 0 Å². The summed E-state index contributed by atoms with van der Waals surface area (Å²) in [6, 6.07) is 54.7. The molecule has 300 valence electrons. The standard InChI is InChI=1S/C29H23FO5.C25H18O/c1-18(31)34-27-16-19-8-4-5-9-21(19)22-14-15-29(35-28(22)27,23-10-6-7-11-24(23)30)20-12-13-25(32-2)26(17-20)33-3;1-3-10-20(11-4-1)25(21-12-5-2-6-13-21)18-17-23-22-14-8-7-9-19(22)15-16-24(23)26-25/h4-17H,1-3H3;1-18H. The third-order valence-electron chi connectivity index (χ3n) is 11.2. The number of hydrogen-bond donors (Lipinski definition) is 0. The van der Waals surface area contributed by atoms with Gasteiger partial charge < -0.3 is 23.7 Å². The van der Waals surface area contributed by atoms with Gasteiger partial charge in [0.1, 0.15) is 11.6 Å². The topological polar surface area (TPSA) is 63.2 Å². The lowest BCUT2D eigenvalue weighted by Crippen LogP contribution is -2.35. The van der Waals surface area contributed by atoms with Crippen molar-refractivity contribution in [3.05, 3.63) is 221 Å². The monoisotopic (exact) mass is 804 g/mol. The molecule has 8 aromatic rings. The van der Waals surface area contributed by atoms with E-state index >= 15 is 4.39 Å². The highest BCUT2D eigenvalue weighted by atomic mass is 19.1. The highest BCUT2D eigenvalue weighted by molar-refractivity contribution is 5.97. The van der Waals surface area contributed by atoms with Crippen LogP contribution in [0.2, 0.25) is 0 Å². The fourth-order valence-corrected chi connectivity index (χ4v) is 8.31. The van der Waals surface area contributed by atoms with E-state index in [4.69, 9.17) is 23.7 Å². The molecule has 7 heteroatoms. The largest absolute Gasteiger partial charge is 0.493 e. The molecule has 1 unspecified atom stereocenters. The van der Waals surface area contributed by atoms with Crippen LogP contribution in [-0.2, 0) is 16.0 Å². The number of carbonyl (C=O) groups is 1. The molecule has 61 heavy (non-hydrogen) atoms. The summed E-state index contributed by atoms with van der Waals surface area (Å²) in [6.45, 7) is 1.33. The number of carbonyl (C=O) groups excluding carboxylic acids is 1. The summed E-state index contributed by atoms with van der Waals surface area (Å²) in [5.74, 6) is 1.61. The van der Waals surface area contributed by atoms with Crippen LogP contribution >= 0.6 is 0 Å². The van der Waals surface area contributed by atoms with Crippen molar-refractivity contribution in [2.24, 2.45) is 0 Å². The molecule has 0 radical (unpaired) electrons. The molecule has 0 bridgehead atoms. The van der Waals surface area contributed by atoms with Crippen LogP contribution in [0.5, 0.6) is 28.7 Å². The van der Waals surface area contributed by atoms with Crippen LogP contribution in [0.4, 0.5) is 4.39 Å². The van der Waals surface area contributed by atoms with Crippen LogP contribution < -0.4 is 23.7 Å². The summed E-state index contributed by atoms with van der Waals surface area (Å²) in [5.41, 5.74) is 3.08. The van der Waals surface area contributed by atoms with Crippen LogP contribution in [0.25, 0.3) is 33.7 Å². The smallest absolute Gasteiger partial charge is 0.308 e. The lowest BCUT2D eigenvalue weighted by atomic mass is 9.82. The second kappa shape index (κ2) is 16.2. The highest BCUT2D eigenvalue weighted by Gasteiger charge is 2.42. The van der Waals surface area contributed by atoms with Crippen molar-refractivity contribution < 1.29 is 32.9 Å². The maximum Gasteiger partial charge on any atom is 0.308 e. The molecule has 2 heterocycles. The third kappa shape index (κ3) is 7.04. The first-order chi connectivity index (χ1) is 29.8. The molecule has 1 atom stereocenters. The molecular weight excluding hydrogens is 764 g/mol. The molecule has 2 aliphatic rings. The van der Waals surface area contributed by atoms with Crippen LogP contribution in [0.15, 0.2) is 182 Å². The summed E-state index contributed by atoms with van der Waals surface area (Å²) in [7, 11) is 3.09. The summed E-state index contributed by atoms with van der Waals surface area (Å²) < 4.78 is 45.2. The summed E-state index contributed by atoms with van der Waals surface area (Å²) in [6.07, 6.45) is 8.10. The molecular formula is C54H41FO6. The number of fused-ring (bicyclic) bond motifs is 6. The average Bonchev–Trinajstić information content (AvgIpc) is 3.31. The minimum absolute atomic E-state index is 0.261. The van der Waals surface area contributed by atoms with Gasteiger partial charge >= 0.3 is 5.97 Å². The lowest BCUT2D eigenvalue weighted by molar-refractivity contribution is -0.132. The Morgan fingerprint density at radius 1 is 0.525 bits per heavy atom. The lowest BCUT2D eigenvalue weighted by Gasteiger charge is -2.37. The Balaban J connectivity index is 0.000000163. The van der Waals surface area contributed by atoms with Gasteiger partial charge in [-0.2, -0.15) is 0 Å². The van der Waals surface area contributed by atoms with Gasteiger partial charge in [-0.15, -0.1) is 0 Å². The molecule has 0 aliphatic carbocycles. The van der Waals surface area contributed by atoms with Crippen molar-refractivity contribution in [1.29, 1.82) is 0 Å². The van der Waals surface area contributed by atoms with Gasteiger partial charge in [0.05, 0.1) is 14.2 Å². The molecule has 0 spiro atoms. The van der Waals surface area contributed by atoms with Gasteiger partial charge in [-0.25, -0.2) is 4.39 Å². The fraction of sp³-hybridized carbons (Fsp3) is 0.0926. The van der Waals surface area contributed by atoms with Crippen LogP contribution in [-0.4, -0.2) is 20.2 Å². The molecule has 0 saturated carbocycles. The van der Waals surface area contributed by atoms with E-state index in [1.165, 1.54) is 30.9 Å². The predicted molar refractivity (Wildman–Crippen MR) is 239 cm³/mol. The van der Waals surface area contributed by atoms with Crippen molar-refractivity contribution >= 4 is 39.7 Å². The van der Waals surface area contributed by atoms with E-state index in [0.717, 1.165) is 38.8 Å². The Morgan fingerprint density at radius 3 is 1.79 bits per heavy atom. The van der Waals surface area contributed by atoms with Crippen molar-refractivity contribution in [2.75, 3.05) is 14.2 Å². The molecule has 0 aromatic heterocycles. The predicted octanol–water partition coefficient (Wildman–Crippen LogP) is 12.5. The molecule has 0 N–H and O–H groups in total. The summed E-state index contributed by atoms with van der Waals surface area (Å²) in [5, 5.41) is 4.26. The van der Waals surface area contributed by atoms with Crippen molar-refractivity contribution in [3.8, 4) is 28.7 Å². The summed E-state index contributed by atoms with van der Waals surface area (Å²) >= 11 is 0. The Morgan fingerprint density at radius 2 is 1.11 bits per heavy atom. The second-order valence-electron chi connectivity index (χ2n) is 14.8. The Kier molecular flexibility index (Phi) is 10.3. The quantitative estimate of drug-likeness (QED) is 0.118. The van der Waals surface area contributed by atoms with E-state index in [0.29, 0.717) is 28.4 Å². The molecule has 10 rings (SSSR count). The molecule has 0 amide bonds. The number of esters is 1. The SMILES string of the molecule is C1=CC(c2ccccc2)(c2ccccc2)Oc2ccc3ccccc3c21.COc1ccc(C2(c3ccccc3F)C=Cc3c(c(OC(C)=O)cc4ccccc34)O2)cc1OC. The third-order valence-corrected chi connectivity index (χ3v) is 11.2. The minimum Gasteiger partial charge on any atom is -0.493 e. The van der Waals surface area contributed by atoms with E-state index in [1.807, 2.05) is 48.6 Å². The van der Waals surface area contributed by atoms with Gasteiger partial charge in [-0.3, -0.25) is 4.79 Å². The van der Waals surface area contributed by atoms with E-state index in [9.17, 15) is 4.79 Å². The van der Waals surface area contributed by atoms with Crippen LogP contribution in [0, 0.1) is 5.82 Å². The maximum atomic E-state index is 15.3. The average molecular weight is 805 g/mol. The summed E-state index contributed by atoms with van der Waals surface area (Å²) in [4.78, 5) is 12.0.